The van der Waals surface area contributed by atoms with Crippen LogP contribution < -0.4 is 0 Å². The van der Waals surface area contributed by atoms with Crippen LogP contribution in [0, 0.1) is 6.92 Å². The zero-order valence-electron chi connectivity index (χ0n) is 6.72. The highest BCUT2D eigenvalue weighted by molar-refractivity contribution is 9.10. The second kappa shape index (κ2) is 3.91. The second-order valence-electron chi connectivity index (χ2n) is 2.48. The lowest BCUT2D eigenvalue weighted by atomic mass is 10.2. The molecule has 0 unspecified atom stereocenters. The van der Waals surface area contributed by atoms with E-state index >= 15 is 0 Å². The molecule has 0 radical (unpaired) electrons. The molecular weight excluding hydrogens is 244 g/mol. The summed E-state index contributed by atoms with van der Waals surface area (Å²) in [6.07, 6.45) is -2.21. The fourth-order valence-electron chi connectivity index (χ4n) is 0.882. The fourth-order valence-corrected chi connectivity index (χ4v) is 1.49. The maximum atomic E-state index is 12.3. The molecular formula is C8H6BrF2NO. The largest absolute Gasteiger partial charge is 0.296 e. The van der Waals surface area contributed by atoms with Gasteiger partial charge < -0.3 is 0 Å². The summed E-state index contributed by atoms with van der Waals surface area (Å²) in [5.41, 5.74) is 0.234. The van der Waals surface area contributed by atoms with Gasteiger partial charge in [-0.3, -0.25) is 4.79 Å². The van der Waals surface area contributed by atoms with Gasteiger partial charge in [0.2, 0.25) is 0 Å². The molecule has 0 saturated heterocycles. The number of hydrogen-bond donors (Lipinski definition) is 0. The Bertz CT molecular complexity index is 341. The summed E-state index contributed by atoms with van der Waals surface area (Å²) in [6.45, 7) is 1.64. The van der Waals surface area contributed by atoms with E-state index in [1.165, 1.54) is 6.07 Å². The molecule has 0 N–H and O–H groups in total. The van der Waals surface area contributed by atoms with Gasteiger partial charge in [-0.25, -0.2) is 13.8 Å². The van der Waals surface area contributed by atoms with Gasteiger partial charge in [-0.2, -0.15) is 0 Å². The predicted octanol–water partition coefficient (Wildman–Crippen LogP) is 2.90. The molecule has 1 aromatic heterocycles. The summed E-state index contributed by atoms with van der Waals surface area (Å²) >= 11 is 2.95. The number of hydrogen-bond acceptors (Lipinski definition) is 2. The Balaban J connectivity index is 3.30. The predicted molar refractivity (Wildman–Crippen MR) is 47.0 cm³/mol. The van der Waals surface area contributed by atoms with Crippen molar-refractivity contribution in [2.24, 2.45) is 0 Å². The molecule has 70 valence electrons. The van der Waals surface area contributed by atoms with Crippen molar-refractivity contribution in [1.82, 2.24) is 4.98 Å². The lowest BCUT2D eigenvalue weighted by Gasteiger charge is -2.04. The zero-order valence-corrected chi connectivity index (χ0v) is 8.31. The number of carbonyl (C=O) groups excluding carboxylic acids is 1. The molecule has 0 spiro atoms. The van der Waals surface area contributed by atoms with Gasteiger partial charge in [0.15, 0.2) is 6.29 Å². The minimum atomic E-state index is -2.67. The number of carbonyl (C=O) groups is 1. The number of aryl methyl sites for hydroxylation is 1. The van der Waals surface area contributed by atoms with Crippen molar-refractivity contribution >= 4 is 22.2 Å². The summed E-state index contributed by atoms with van der Waals surface area (Å²) < 4.78 is 24.8. The Labute approximate surface area is 82.1 Å². The van der Waals surface area contributed by atoms with Crippen LogP contribution in [-0.4, -0.2) is 11.3 Å². The molecule has 0 aromatic carbocycles. The minimum absolute atomic E-state index is 0.0542. The summed E-state index contributed by atoms with van der Waals surface area (Å²) in [7, 11) is 0. The van der Waals surface area contributed by atoms with Gasteiger partial charge >= 0.3 is 0 Å². The third-order valence-corrected chi connectivity index (χ3v) is 2.19. The van der Waals surface area contributed by atoms with E-state index in [-0.39, 0.29) is 10.2 Å². The van der Waals surface area contributed by atoms with Crippen molar-refractivity contribution in [2.45, 2.75) is 13.3 Å². The average Bonchev–Trinajstić information content (AvgIpc) is 2.03. The number of halogens is 3. The fraction of sp³-hybridized carbons (Fsp3) is 0.250. The van der Waals surface area contributed by atoms with E-state index in [4.69, 9.17) is 0 Å². The monoisotopic (exact) mass is 249 g/mol. The Morgan fingerprint density at radius 3 is 2.69 bits per heavy atom. The molecule has 0 saturated carbocycles. The van der Waals surface area contributed by atoms with Gasteiger partial charge in [0.1, 0.15) is 11.4 Å². The van der Waals surface area contributed by atoms with Crippen LogP contribution in [0.25, 0.3) is 0 Å². The summed E-state index contributed by atoms with van der Waals surface area (Å²) in [6, 6.07) is 1.46. The van der Waals surface area contributed by atoms with Crippen LogP contribution in [0.5, 0.6) is 0 Å². The molecule has 13 heavy (non-hydrogen) atoms. The molecule has 0 amide bonds. The van der Waals surface area contributed by atoms with Crippen molar-refractivity contribution < 1.29 is 13.6 Å². The average molecular weight is 250 g/mol. The molecule has 2 nitrogen and oxygen atoms in total. The Morgan fingerprint density at radius 2 is 2.23 bits per heavy atom. The van der Waals surface area contributed by atoms with Crippen LogP contribution in [-0.2, 0) is 0 Å². The first-order valence-electron chi connectivity index (χ1n) is 3.46. The Kier molecular flexibility index (Phi) is 3.08. The smallest absolute Gasteiger partial charge is 0.281 e. The van der Waals surface area contributed by atoms with Gasteiger partial charge in [-0.05, 0) is 34.5 Å². The van der Waals surface area contributed by atoms with Crippen LogP contribution in [0.2, 0.25) is 0 Å². The maximum Gasteiger partial charge on any atom is 0.281 e. The van der Waals surface area contributed by atoms with Crippen molar-refractivity contribution in [3.8, 4) is 0 Å². The first kappa shape index (κ1) is 10.2. The Hall–Kier alpha value is -0.840. The number of aromatic nitrogens is 1. The highest BCUT2D eigenvalue weighted by atomic mass is 79.9. The summed E-state index contributed by atoms with van der Waals surface area (Å²) in [5.74, 6) is 0. The summed E-state index contributed by atoms with van der Waals surface area (Å²) in [5, 5.41) is 0. The van der Waals surface area contributed by atoms with E-state index in [9.17, 15) is 13.6 Å². The van der Waals surface area contributed by atoms with E-state index in [0.29, 0.717) is 11.8 Å². The quantitative estimate of drug-likeness (QED) is 0.755. The number of pyridine rings is 1. The van der Waals surface area contributed by atoms with Crippen LogP contribution >= 0.6 is 15.9 Å². The first-order valence-corrected chi connectivity index (χ1v) is 4.26. The number of rotatable bonds is 2. The highest BCUT2D eigenvalue weighted by Crippen LogP contribution is 2.26. The standard InChI is InChI=1S/C8H6BrF2NO/c1-4-2-5(9)7(8(10)11)12-6(4)3-13/h2-3,8H,1H3. The van der Waals surface area contributed by atoms with Crippen molar-refractivity contribution in [1.29, 1.82) is 0 Å². The van der Waals surface area contributed by atoms with Crippen molar-refractivity contribution in [3.63, 3.8) is 0 Å². The van der Waals surface area contributed by atoms with E-state index in [2.05, 4.69) is 20.9 Å². The molecule has 0 aliphatic heterocycles. The molecule has 0 aliphatic rings. The summed E-state index contributed by atoms with van der Waals surface area (Å²) in [4.78, 5) is 13.9. The van der Waals surface area contributed by atoms with Crippen LogP contribution in [0.3, 0.4) is 0 Å². The van der Waals surface area contributed by atoms with E-state index in [1.54, 1.807) is 6.92 Å². The Morgan fingerprint density at radius 1 is 1.62 bits per heavy atom. The molecule has 0 aliphatic carbocycles. The SMILES string of the molecule is Cc1cc(Br)c(C(F)F)nc1C=O. The molecule has 1 rings (SSSR count). The van der Waals surface area contributed by atoms with E-state index in [1.807, 2.05) is 0 Å². The number of nitrogens with zero attached hydrogens (tertiary/aromatic N) is 1. The molecule has 5 heteroatoms. The third kappa shape index (κ3) is 2.09. The number of aldehydes is 1. The third-order valence-electron chi connectivity index (χ3n) is 1.55. The lowest BCUT2D eigenvalue weighted by molar-refractivity contribution is 0.111. The minimum Gasteiger partial charge on any atom is -0.296 e. The van der Waals surface area contributed by atoms with Gasteiger partial charge in [0.05, 0.1) is 0 Å². The molecule has 0 bridgehead atoms. The zero-order chi connectivity index (χ0) is 10.0. The molecule has 0 fully saturated rings. The maximum absolute atomic E-state index is 12.3. The molecule has 0 atom stereocenters. The molecule has 1 heterocycles. The van der Waals surface area contributed by atoms with Crippen LogP contribution in [0.1, 0.15) is 28.2 Å². The van der Waals surface area contributed by atoms with Crippen molar-refractivity contribution in [3.05, 3.63) is 27.5 Å². The molecule has 1 aromatic rings. The van der Waals surface area contributed by atoms with Gasteiger partial charge in [-0.15, -0.1) is 0 Å². The van der Waals surface area contributed by atoms with E-state index in [0.717, 1.165) is 0 Å². The first-order chi connectivity index (χ1) is 6.06. The topological polar surface area (TPSA) is 30.0 Å². The van der Waals surface area contributed by atoms with Crippen LogP contribution in [0.15, 0.2) is 10.5 Å². The van der Waals surface area contributed by atoms with Gasteiger partial charge in [-0.1, -0.05) is 0 Å². The highest BCUT2D eigenvalue weighted by Gasteiger charge is 2.15. The van der Waals surface area contributed by atoms with Crippen LogP contribution in [0.4, 0.5) is 8.78 Å². The second-order valence-corrected chi connectivity index (χ2v) is 3.33. The van der Waals surface area contributed by atoms with Gasteiger partial charge in [0, 0.05) is 4.47 Å². The van der Waals surface area contributed by atoms with E-state index < -0.39 is 12.1 Å². The normalized spacial score (nSPS) is 10.5. The van der Waals surface area contributed by atoms with Gasteiger partial charge in [0.25, 0.3) is 6.43 Å². The lowest BCUT2D eigenvalue weighted by Crippen LogP contribution is -1.99. The number of alkyl halides is 2. The van der Waals surface area contributed by atoms with Crippen molar-refractivity contribution in [2.75, 3.05) is 0 Å².